The topological polar surface area (TPSA) is 48.9 Å². The van der Waals surface area contributed by atoms with Crippen LogP contribution < -0.4 is 11.4 Å². The van der Waals surface area contributed by atoms with Gasteiger partial charge < -0.3 is 3.55 Å². The maximum atomic E-state index is 12.1. The number of hydrogen-bond donors (Lipinski definition) is 0. The van der Waals surface area contributed by atoms with Crippen LogP contribution in [0.2, 0.25) is 0 Å². The Balaban J connectivity index is 3.67. The lowest BCUT2D eigenvalue weighted by atomic mass is 11.0. The summed E-state index contributed by atoms with van der Waals surface area (Å²) in [5, 5.41) is 0. The van der Waals surface area contributed by atoms with Crippen LogP contribution >= 0.6 is 0 Å². The van der Waals surface area contributed by atoms with Gasteiger partial charge in [-0.1, -0.05) is 0 Å². The third kappa shape index (κ3) is 1.45. The molecule has 9 heteroatoms. The zero-order valence-corrected chi connectivity index (χ0v) is 8.79. The Hall–Kier alpha value is -0.938. The van der Waals surface area contributed by atoms with E-state index in [-0.39, 0.29) is 21.2 Å². The molecule has 0 bridgehead atoms. The summed E-state index contributed by atoms with van der Waals surface area (Å²) in [4.78, 5) is 21.8. The van der Waals surface area contributed by atoms with Gasteiger partial charge >= 0.3 is 34.2 Å². The molecule has 0 unspecified atom stereocenters. The Kier molecular flexibility index (Phi) is 2.17. The number of hydrogen-bond acceptors (Lipinski definition) is 2. The summed E-state index contributed by atoms with van der Waals surface area (Å²) in [7, 11) is 0.894. The van der Waals surface area contributed by atoms with Crippen molar-refractivity contribution in [1.82, 2.24) is 12.9 Å². The zero-order chi connectivity index (χ0) is 10.4. The minimum absolute atomic E-state index is 0.0685. The second-order valence-corrected chi connectivity index (χ2v) is 3.32. The molecule has 0 aliphatic carbocycles. The lowest BCUT2D eigenvalue weighted by Gasteiger charge is -2.07. The standard InChI is InChI=1S/C4H4F3N3O2.Al.2H/c1-9-2(11)8-3(12)10(9)4(5,6)7;;;/h1H3,(H,8,11,12);;;/q;+1;;/p-1. The Labute approximate surface area is 77.6 Å². The first-order valence-corrected chi connectivity index (χ1v) is 4.08. The first-order valence-electron chi connectivity index (χ1n) is 3.19. The van der Waals surface area contributed by atoms with E-state index >= 15 is 0 Å². The highest BCUT2D eigenvalue weighted by Gasteiger charge is 2.36. The molecule has 0 saturated heterocycles. The molecular formula is C4H5AlF3N3O2. The van der Waals surface area contributed by atoms with E-state index in [1.165, 1.54) is 0 Å². The predicted molar refractivity (Wildman–Crippen MR) is 39.2 cm³/mol. The van der Waals surface area contributed by atoms with E-state index in [1.54, 1.807) is 0 Å². The van der Waals surface area contributed by atoms with E-state index in [0.717, 1.165) is 7.05 Å². The molecule has 0 N–H and O–H groups in total. The van der Waals surface area contributed by atoms with E-state index in [1.807, 2.05) is 0 Å². The Morgan fingerprint density at radius 3 is 1.85 bits per heavy atom. The first kappa shape index (κ1) is 10.1. The molecule has 1 heterocycles. The summed E-state index contributed by atoms with van der Waals surface area (Å²) in [6.45, 7) is 0. The molecule has 0 fully saturated rings. The van der Waals surface area contributed by atoms with Crippen LogP contribution in [0.5, 0.6) is 0 Å². The maximum absolute atomic E-state index is 12.1. The van der Waals surface area contributed by atoms with E-state index in [4.69, 9.17) is 0 Å². The minimum Gasteiger partial charge on any atom is -0.348 e. The molecule has 1 aromatic rings. The quantitative estimate of drug-likeness (QED) is 0.476. The molecule has 1 rings (SSSR count). The second kappa shape index (κ2) is 2.78. The van der Waals surface area contributed by atoms with Crippen LogP contribution in [0.1, 0.15) is 0 Å². The second-order valence-electron chi connectivity index (χ2n) is 2.43. The number of aromatic nitrogens is 3. The van der Waals surface area contributed by atoms with Crippen molar-refractivity contribution >= 4 is 16.5 Å². The SMILES string of the molecule is Cn1c(=O)[n]([AlH2])c(=O)n1C(F)(F)F. The highest BCUT2D eigenvalue weighted by atomic mass is 27.1. The lowest BCUT2D eigenvalue weighted by Crippen LogP contribution is -2.35. The first-order chi connectivity index (χ1) is 5.76. The highest BCUT2D eigenvalue weighted by Crippen LogP contribution is 2.17. The van der Waals surface area contributed by atoms with E-state index in [0.29, 0.717) is 3.55 Å². The maximum Gasteiger partial charge on any atom is 0.507 e. The van der Waals surface area contributed by atoms with Gasteiger partial charge in [0, 0.05) is 7.05 Å². The predicted octanol–water partition coefficient (Wildman–Crippen LogP) is -1.78. The van der Waals surface area contributed by atoms with Crippen LogP contribution in [0.15, 0.2) is 9.59 Å². The van der Waals surface area contributed by atoms with Crippen molar-refractivity contribution < 1.29 is 13.2 Å². The molecule has 0 atom stereocenters. The third-order valence-corrected chi connectivity index (χ3v) is 2.34. The van der Waals surface area contributed by atoms with E-state index < -0.39 is 22.4 Å². The molecular weight excluding hydrogens is 206 g/mol. The summed E-state index contributed by atoms with van der Waals surface area (Å²) < 4.78 is 36.6. The van der Waals surface area contributed by atoms with Gasteiger partial charge in [0.2, 0.25) is 0 Å². The van der Waals surface area contributed by atoms with Gasteiger partial charge in [0.25, 0.3) is 0 Å². The van der Waals surface area contributed by atoms with Gasteiger partial charge in [0.1, 0.15) is 0 Å². The molecule has 0 aliphatic heterocycles. The van der Waals surface area contributed by atoms with Gasteiger partial charge in [-0.05, 0) is 0 Å². The molecule has 0 saturated carbocycles. The van der Waals surface area contributed by atoms with Gasteiger partial charge in [-0.15, -0.1) is 17.9 Å². The van der Waals surface area contributed by atoms with Gasteiger partial charge in [-0.3, -0.25) is 0 Å². The molecule has 0 aliphatic rings. The van der Waals surface area contributed by atoms with Crippen LogP contribution in [-0.4, -0.2) is 29.4 Å². The Bertz CT molecular complexity index is 439. The molecule has 72 valence electrons. The zero-order valence-electron chi connectivity index (χ0n) is 6.79. The van der Waals surface area contributed by atoms with E-state index in [9.17, 15) is 22.8 Å². The normalized spacial score (nSPS) is 12.0. The lowest BCUT2D eigenvalue weighted by molar-refractivity contribution is -0.220. The molecule has 0 amide bonds. The minimum atomic E-state index is -4.85. The molecule has 0 aromatic carbocycles. The summed E-state index contributed by atoms with van der Waals surface area (Å²) >= 11 is -0.0685. The highest BCUT2D eigenvalue weighted by molar-refractivity contribution is 6.06. The summed E-state index contributed by atoms with van der Waals surface area (Å²) in [6, 6.07) is 0. The van der Waals surface area contributed by atoms with Gasteiger partial charge in [-0.25, -0.2) is 14.3 Å². The van der Waals surface area contributed by atoms with Crippen molar-refractivity contribution in [3.63, 3.8) is 0 Å². The van der Waals surface area contributed by atoms with Gasteiger partial charge in [-0.2, -0.15) is 0 Å². The fourth-order valence-corrected chi connectivity index (χ4v) is 1.41. The number of alkyl halides is 3. The summed E-state index contributed by atoms with van der Waals surface area (Å²) in [5.74, 6) is 0. The molecule has 5 nitrogen and oxygen atoms in total. The average Bonchev–Trinajstić information content (AvgIpc) is 2.14. The fraction of sp³-hybridized carbons (Fsp3) is 0.500. The van der Waals surface area contributed by atoms with Crippen molar-refractivity contribution in [2.24, 2.45) is 7.05 Å². The van der Waals surface area contributed by atoms with Crippen LogP contribution in [0.4, 0.5) is 13.2 Å². The van der Waals surface area contributed by atoms with Gasteiger partial charge in [0.15, 0.2) is 0 Å². The van der Waals surface area contributed by atoms with Crippen molar-refractivity contribution in [2.75, 3.05) is 0 Å². The van der Waals surface area contributed by atoms with Crippen molar-refractivity contribution in [3.05, 3.63) is 21.0 Å². The van der Waals surface area contributed by atoms with Crippen molar-refractivity contribution in [2.45, 2.75) is 6.30 Å². The third-order valence-electron chi connectivity index (χ3n) is 1.57. The monoisotopic (exact) mass is 211 g/mol. The molecule has 13 heavy (non-hydrogen) atoms. The largest absolute Gasteiger partial charge is 0.507 e. The van der Waals surface area contributed by atoms with Gasteiger partial charge in [0.05, 0.1) is 0 Å². The smallest absolute Gasteiger partial charge is 0.348 e. The van der Waals surface area contributed by atoms with Crippen LogP contribution in [-0.2, 0) is 13.3 Å². The number of rotatable bonds is 0. The molecule has 0 spiro atoms. The van der Waals surface area contributed by atoms with Crippen molar-refractivity contribution in [1.29, 1.82) is 0 Å². The summed E-state index contributed by atoms with van der Waals surface area (Å²) in [6.07, 6.45) is -4.85. The van der Waals surface area contributed by atoms with E-state index in [2.05, 4.69) is 0 Å². The Morgan fingerprint density at radius 2 is 1.69 bits per heavy atom. The van der Waals surface area contributed by atoms with Crippen LogP contribution in [0.25, 0.3) is 0 Å². The van der Waals surface area contributed by atoms with Crippen molar-refractivity contribution in [3.8, 4) is 0 Å². The van der Waals surface area contributed by atoms with Crippen LogP contribution in [0.3, 0.4) is 0 Å². The average molecular weight is 211 g/mol. The number of nitrogens with zero attached hydrogens (tertiary/aromatic N) is 3. The summed E-state index contributed by atoms with van der Waals surface area (Å²) in [5.41, 5.74) is -2.29. The fourth-order valence-electron chi connectivity index (χ4n) is 0.933. The Morgan fingerprint density at radius 1 is 1.23 bits per heavy atom. The van der Waals surface area contributed by atoms with Crippen LogP contribution in [0, 0.1) is 0 Å². The number of halogens is 3. The molecule has 1 aromatic heterocycles. The molecule has 0 radical (unpaired) electrons.